The normalized spacial score (nSPS) is 11.2. The van der Waals surface area contributed by atoms with Gasteiger partial charge in [0, 0.05) is 30.0 Å². The number of nitrogens with one attached hydrogen (secondary N) is 2. The minimum absolute atomic E-state index is 0.171. The summed E-state index contributed by atoms with van der Waals surface area (Å²) >= 11 is 3.27. The molecular formula is C13H12BrF3N4. The molecule has 0 spiro atoms. The van der Waals surface area contributed by atoms with E-state index in [0.29, 0.717) is 12.4 Å². The SMILES string of the molecule is FC(F)(F)c1cccnc1NCCNc1ccc(Br)cn1. The Bertz CT molecular complexity index is 587. The Labute approximate surface area is 127 Å². The number of hydrogen-bond acceptors (Lipinski definition) is 4. The summed E-state index contributed by atoms with van der Waals surface area (Å²) in [7, 11) is 0. The zero-order valence-electron chi connectivity index (χ0n) is 10.8. The van der Waals surface area contributed by atoms with Crippen molar-refractivity contribution in [3.05, 3.63) is 46.7 Å². The Morgan fingerprint density at radius 3 is 2.48 bits per heavy atom. The number of rotatable bonds is 5. The van der Waals surface area contributed by atoms with E-state index in [0.717, 1.165) is 10.5 Å². The van der Waals surface area contributed by atoms with Crippen molar-refractivity contribution >= 4 is 27.6 Å². The van der Waals surface area contributed by atoms with Gasteiger partial charge in [-0.25, -0.2) is 9.97 Å². The molecule has 0 atom stereocenters. The lowest BCUT2D eigenvalue weighted by Crippen LogP contribution is -2.18. The van der Waals surface area contributed by atoms with Gasteiger partial charge in [0.15, 0.2) is 0 Å². The number of pyridine rings is 2. The first kappa shape index (κ1) is 15.6. The Morgan fingerprint density at radius 1 is 1.05 bits per heavy atom. The minimum Gasteiger partial charge on any atom is -0.368 e. The van der Waals surface area contributed by atoms with E-state index >= 15 is 0 Å². The molecule has 0 radical (unpaired) electrons. The number of hydrogen-bond donors (Lipinski definition) is 2. The molecule has 0 unspecified atom stereocenters. The third-order valence-electron chi connectivity index (χ3n) is 2.56. The van der Waals surface area contributed by atoms with Crippen LogP contribution in [0.4, 0.5) is 24.8 Å². The summed E-state index contributed by atoms with van der Waals surface area (Å²) in [6.45, 7) is 0.709. The van der Waals surface area contributed by atoms with Crippen LogP contribution in [0.2, 0.25) is 0 Å². The quantitative estimate of drug-likeness (QED) is 0.796. The van der Waals surface area contributed by atoms with Gasteiger partial charge in [-0.05, 0) is 40.2 Å². The van der Waals surface area contributed by atoms with Gasteiger partial charge < -0.3 is 10.6 Å². The molecule has 2 N–H and O–H groups in total. The summed E-state index contributed by atoms with van der Waals surface area (Å²) in [6.07, 6.45) is -1.46. The summed E-state index contributed by atoms with van der Waals surface area (Å²) in [5.41, 5.74) is -0.772. The van der Waals surface area contributed by atoms with Crippen molar-refractivity contribution in [2.24, 2.45) is 0 Å². The van der Waals surface area contributed by atoms with Crippen molar-refractivity contribution < 1.29 is 13.2 Å². The van der Waals surface area contributed by atoms with Crippen molar-refractivity contribution in [3.63, 3.8) is 0 Å². The fourth-order valence-electron chi connectivity index (χ4n) is 1.63. The van der Waals surface area contributed by atoms with Crippen molar-refractivity contribution in [2.75, 3.05) is 23.7 Å². The first-order valence-corrected chi connectivity index (χ1v) is 6.87. The van der Waals surface area contributed by atoms with Gasteiger partial charge in [0.2, 0.25) is 0 Å². The van der Waals surface area contributed by atoms with Crippen LogP contribution >= 0.6 is 15.9 Å². The zero-order chi connectivity index (χ0) is 15.3. The fraction of sp³-hybridized carbons (Fsp3) is 0.231. The molecule has 0 amide bonds. The first-order valence-electron chi connectivity index (χ1n) is 6.08. The van der Waals surface area contributed by atoms with Crippen LogP contribution in [0.3, 0.4) is 0 Å². The second kappa shape index (κ2) is 6.75. The maximum absolute atomic E-state index is 12.8. The van der Waals surface area contributed by atoms with E-state index in [1.54, 1.807) is 12.3 Å². The molecule has 0 aromatic carbocycles. The fourth-order valence-corrected chi connectivity index (χ4v) is 1.86. The molecule has 0 fully saturated rings. The number of aromatic nitrogens is 2. The molecule has 0 saturated carbocycles. The largest absolute Gasteiger partial charge is 0.419 e. The van der Waals surface area contributed by atoms with E-state index in [1.807, 2.05) is 6.07 Å². The summed E-state index contributed by atoms with van der Waals surface area (Å²) in [5, 5.41) is 5.67. The highest BCUT2D eigenvalue weighted by Crippen LogP contribution is 2.33. The molecule has 4 nitrogen and oxygen atoms in total. The molecule has 0 aliphatic heterocycles. The van der Waals surface area contributed by atoms with Gasteiger partial charge in [0.05, 0.1) is 5.56 Å². The van der Waals surface area contributed by atoms with Crippen molar-refractivity contribution in [3.8, 4) is 0 Å². The lowest BCUT2D eigenvalue weighted by molar-refractivity contribution is -0.137. The van der Waals surface area contributed by atoms with E-state index in [4.69, 9.17) is 0 Å². The minimum atomic E-state index is -4.42. The number of alkyl halides is 3. The molecule has 0 saturated heterocycles. The first-order chi connectivity index (χ1) is 9.97. The molecule has 0 aliphatic rings. The van der Waals surface area contributed by atoms with Crippen LogP contribution in [0.5, 0.6) is 0 Å². The second-order valence-corrected chi connectivity index (χ2v) is 5.03. The Kier molecular flexibility index (Phi) is 5.00. The van der Waals surface area contributed by atoms with E-state index in [9.17, 15) is 13.2 Å². The van der Waals surface area contributed by atoms with Gasteiger partial charge >= 0.3 is 6.18 Å². The number of halogens is 4. The van der Waals surface area contributed by atoms with Crippen LogP contribution in [0.25, 0.3) is 0 Å². The summed E-state index contributed by atoms with van der Waals surface area (Å²) in [4.78, 5) is 7.82. The average molecular weight is 361 g/mol. The van der Waals surface area contributed by atoms with Crippen LogP contribution in [-0.2, 0) is 6.18 Å². The van der Waals surface area contributed by atoms with Crippen LogP contribution in [-0.4, -0.2) is 23.1 Å². The molecule has 2 aromatic rings. The summed E-state index contributed by atoms with van der Waals surface area (Å²) in [5.74, 6) is 0.479. The smallest absolute Gasteiger partial charge is 0.368 e. The summed E-state index contributed by atoms with van der Waals surface area (Å²) in [6, 6.07) is 5.85. The van der Waals surface area contributed by atoms with Crippen LogP contribution in [0.15, 0.2) is 41.1 Å². The van der Waals surface area contributed by atoms with E-state index in [1.165, 1.54) is 12.3 Å². The average Bonchev–Trinajstić information content (AvgIpc) is 2.45. The van der Waals surface area contributed by atoms with Gasteiger partial charge in [0.25, 0.3) is 0 Å². The summed E-state index contributed by atoms with van der Waals surface area (Å²) < 4.78 is 39.1. The topological polar surface area (TPSA) is 49.8 Å². The molecule has 2 rings (SSSR count). The Balaban J connectivity index is 1.88. The highest BCUT2D eigenvalue weighted by molar-refractivity contribution is 9.10. The van der Waals surface area contributed by atoms with E-state index < -0.39 is 11.7 Å². The van der Waals surface area contributed by atoms with Crippen molar-refractivity contribution in [1.29, 1.82) is 0 Å². The molecule has 0 bridgehead atoms. The maximum atomic E-state index is 12.8. The Morgan fingerprint density at radius 2 is 1.81 bits per heavy atom. The molecular weight excluding hydrogens is 349 g/mol. The van der Waals surface area contributed by atoms with Crippen LogP contribution < -0.4 is 10.6 Å². The highest BCUT2D eigenvalue weighted by Gasteiger charge is 2.33. The predicted octanol–water partition coefficient (Wildman–Crippen LogP) is 3.78. The van der Waals surface area contributed by atoms with Gasteiger partial charge in [-0.3, -0.25) is 0 Å². The lowest BCUT2D eigenvalue weighted by atomic mass is 10.2. The lowest BCUT2D eigenvalue weighted by Gasteiger charge is -2.13. The molecule has 2 heterocycles. The number of nitrogens with zero attached hydrogens (tertiary/aromatic N) is 2. The van der Waals surface area contributed by atoms with Crippen LogP contribution in [0, 0.1) is 0 Å². The maximum Gasteiger partial charge on any atom is 0.419 e. The van der Waals surface area contributed by atoms with E-state index in [-0.39, 0.29) is 12.4 Å². The van der Waals surface area contributed by atoms with Gasteiger partial charge in [-0.15, -0.1) is 0 Å². The van der Waals surface area contributed by atoms with Crippen molar-refractivity contribution in [2.45, 2.75) is 6.18 Å². The molecule has 2 aromatic heterocycles. The molecule has 21 heavy (non-hydrogen) atoms. The molecule has 0 aliphatic carbocycles. The van der Waals surface area contributed by atoms with Crippen LogP contribution in [0.1, 0.15) is 5.56 Å². The van der Waals surface area contributed by atoms with Crippen molar-refractivity contribution in [1.82, 2.24) is 9.97 Å². The predicted molar refractivity (Wildman–Crippen MR) is 78.2 cm³/mol. The van der Waals surface area contributed by atoms with Gasteiger partial charge in [-0.1, -0.05) is 0 Å². The third-order valence-corrected chi connectivity index (χ3v) is 3.03. The van der Waals surface area contributed by atoms with Gasteiger partial charge in [-0.2, -0.15) is 13.2 Å². The second-order valence-electron chi connectivity index (χ2n) is 4.11. The third kappa shape index (κ3) is 4.59. The monoisotopic (exact) mass is 360 g/mol. The molecule has 112 valence electrons. The standard InChI is InChI=1S/C13H12BrF3N4/c14-9-3-4-11(21-8-9)18-6-7-20-12-10(13(15,16)17)2-1-5-19-12/h1-5,8H,6-7H2,(H,18,21)(H,19,20). The van der Waals surface area contributed by atoms with E-state index in [2.05, 4.69) is 36.5 Å². The number of anilines is 2. The van der Waals surface area contributed by atoms with Gasteiger partial charge in [0.1, 0.15) is 11.6 Å². The molecule has 8 heteroatoms. The Hall–Kier alpha value is -1.83. The zero-order valence-corrected chi connectivity index (χ0v) is 12.4. The highest BCUT2D eigenvalue weighted by atomic mass is 79.9.